The van der Waals surface area contributed by atoms with Crippen LogP contribution >= 0.6 is 11.6 Å². The highest BCUT2D eigenvalue weighted by molar-refractivity contribution is 6.30. The first-order valence-electron chi connectivity index (χ1n) is 8.47. The Kier molecular flexibility index (Phi) is 4.88. The van der Waals surface area contributed by atoms with Crippen LogP contribution in [-0.4, -0.2) is 53.7 Å². The molecule has 5 nitrogen and oxygen atoms in total. The lowest BCUT2D eigenvalue weighted by Gasteiger charge is -2.26. The molecular formula is C19H20ClN3O2. The van der Waals surface area contributed by atoms with Crippen LogP contribution in [0.5, 0.6) is 5.88 Å². The van der Waals surface area contributed by atoms with Gasteiger partial charge in [-0.3, -0.25) is 9.30 Å². The average molecular weight is 358 g/mol. The van der Waals surface area contributed by atoms with E-state index in [1.807, 2.05) is 53.1 Å². The maximum atomic E-state index is 6.18. The van der Waals surface area contributed by atoms with Crippen molar-refractivity contribution < 1.29 is 9.47 Å². The number of ether oxygens (including phenoxy) is 2. The number of nitrogens with zero attached hydrogens (tertiary/aromatic N) is 3. The third kappa shape index (κ3) is 3.63. The molecule has 0 unspecified atom stereocenters. The van der Waals surface area contributed by atoms with Gasteiger partial charge in [-0.15, -0.1) is 0 Å². The highest BCUT2D eigenvalue weighted by Gasteiger charge is 2.17. The van der Waals surface area contributed by atoms with E-state index in [9.17, 15) is 0 Å². The highest BCUT2D eigenvalue weighted by Crippen LogP contribution is 2.31. The lowest BCUT2D eigenvalue weighted by Crippen LogP contribution is -2.38. The Morgan fingerprint density at radius 3 is 2.68 bits per heavy atom. The third-order valence-corrected chi connectivity index (χ3v) is 4.56. The average Bonchev–Trinajstić information content (AvgIpc) is 3.01. The fraction of sp³-hybridized carbons (Fsp3) is 0.316. The van der Waals surface area contributed by atoms with Gasteiger partial charge in [0.05, 0.1) is 18.2 Å². The highest BCUT2D eigenvalue weighted by atomic mass is 35.5. The molecule has 1 saturated heterocycles. The van der Waals surface area contributed by atoms with E-state index in [1.54, 1.807) is 0 Å². The molecule has 1 aromatic carbocycles. The lowest BCUT2D eigenvalue weighted by molar-refractivity contribution is 0.0320. The van der Waals surface area contributed by atoms with Gasteiger partial charge in [-0.2, -0.15) is 0 Å². The van der Waals surface area contributed by atoms with Gasteiger partial charge in [0.25, 0.3) is 0 Å². The minimum Gasteiger partial charge on any atom is -0.476 e. The fourth-order valence-corrected chi connectivity index (χ4v) is 3.18. The summed E-state index contributed by atoms with van der Waals surface area (Å²) in [7, 11) is 0. The number of benzene rings is 1. The fourth-order valence-electron chi connectivity index (χ4n) is 3.02. The number of imidazole rings is 1. The van der Waals surface area contributed by atoms with Gasteiger partial charge in [0, 0.05) is 31.4 Å². The molecule has 3 heterocycles. The first kappa shape index (κ1) is 16.4. The van der Waals surface area contributed by atoms with Crippen molar-refractivity contribution in [3.8, 4) is 17.1 Å². The Balaban J connectivity index is 1.61. The van der Waals surface area contributed by atoms with E-state index in [0.29, 0.717) is 11.6 Å². The largest absolute Gasteiger partial charge is 0.476 e. The number of morpholine rings is 1. The molecule has 3 aromatic rings. The van der Waals surface area contributed by atoms with Crippen LogP contribution in [0.3, 0.4) is 0 Å². The van der Waals surface area contributed by atoms with Crippen molar-refractivity contribution in [3.63, 3.8) is 0 Å². The van der Waals surface area contributed by atoms with Crippen molar-refractivity contribution in [2.45, 2.75) is 0 Å². The standard InChI is InChI=1S/C19H20ClN3O2/c20-16-6-7-17-21-18(15-4-2-1-3-5-15)19(23(17)14-16)25-13-10-22-8-11-24-12-9-22/h1-7,14H,8-13H2. The monoisotopic (exact) mass is 357 g/mol. The summed E-state index contributed by atoms with van der Waals surface area (Å²) in [6, 6.07) is 13.8. The Morgan fingerprint density at radius 2 is 1.88 bits per heavy atom. The summed E-state index contributed by atoms with van der Waals surface area (Å²) >= 11 is 6.18. The normalized spacial score (nSPS) is 15.6. The van der Waals surface area contributed by atoms with E-state index >= 15 is 0 Å². The molecular weight excluding hydrogens is 338 g/mol. The molecule has 0 N–H and O–H groups in total. The smallest absolute Gasteiger partial charge is 0.226 e. The van der Waals surface area contributed by atoms with Crippen molar-refractivity contribution >= 4 is 17.2 Å². The van der Waals surface area contributed by atoms with Crippen LogP contribution < -0.4 is 4.74 Å². The van der Waals surface area contributed by atoms with Crippen molar-refractivity contribution in [2.75, 3.05) is 39.5 Å². The van der Waals surface area contributed by atoms with Gasteiger partial charge in [-0.05, 0) is 12.1 Å². The van der Waals surface area contributed by atoms with Crippen molar-refractivity contribution in [1.29, 1.82) is 0 Å². The molecule has 25 heavy (non-hydrogen) atoms. The van der Waals surface area contributed by atoms with Crippen molar-refractivity contribution in [3.05, 3.63) is 53.7 Å². The summed E-state index contributed by atoms with van der Waals surface area (Å²) in [6.07, 6.45) is 1.85. The number of pyridine rings is 1. The molecule has 130 valence electrons. The third-order valence-electron chi connectivity index (χ3n) is 4.34. The molecule has 1 aliphatic heterocycles. The summed E-state index contributed by atoms with van der Waals surface area (Å²) < 4.78 is 13.5. The summed E-state index contributed by atoms with van der Waals surface area (Å²) in [5.41, 5.74) is 2.69. The lowest BCUT2D eigenvalue weighted by atomic mass is 10.2. The van der Waals surface area contributed by atoms with E-state index in [1.165, 1.54) is 0 Å². The van der Waals surface area contributed by atoms with Gasteiger partial charge < -0.3 is 9.47 Å². The van der Waals surface area contributed by atoms with Crippen molar-refractivity contribution in [1.82, 2.24) is 14.3 Å². The predicted molar refractivity (Wildman–Crippen MR) is 98.4 cm³/mol. The number of aromatic nitrogens is 2. The number of hydrogen-bond acceptors (Lipinski definition) is 4. The molecule has 6 heteroatoms. The van der Waals surface area contributed by atoms with E-state index < -0.39 is 0 Å². The Morgan fingerprint density at radius 1 is 1.08 bits per heavy atom. The summed E-state index contributed by atoms with van der Waals surface area (Å²) in [5, 5.41) is 0.655. The van der Waals surface area contributed by atoms with Crippen LogP contribution in [-0.2, 0) is 4.74 Å². The second kappa shape index (κ2) is 7.44. The zero-order valence-electron chi connectivity index (χ0n) is 13.9. The molecule has 0 radical (unpaired) electrons. The zero-order valence-corrected chi connectivity index (χ0v) is 14.7. The summed E-state index contributed by atoms with van der Waals surface area (Å²) in [4.78, 5) is 7.08. The summed E-state index contributed by atoms with van der Waals surface area (Å²) in [5.74, 6) is 0.733. The molecule has 0 bridgehead atoms. The van der Waals surface area contributed by atoms with Crippen LogP contribution in [0.4, 0.5) is 0 Å². The maximum Gasteiger partial charge on any atom is 0.226 e. The van der Waals surface area contributed by atoms with Gasteiger partial charge in [0.15, 0.2) is 0 Å². The Bertz CT molecular complexity index is 845. The topological polar surface area (TPSA) is 39.0 Å². The molecule has 0 atom stereocenters. The number of fused-ring (bicyclic) bond motifs is 1. The van der Waals surface area contributed by atoms with Crippen LogP contribution in [0.1, 0.15) is 0 Å². The quantitative estimate of drug-likeness (QED) is 0.702. The molecule has 0 spiro atoms. The SMILES string of the molecule is Clc1ccc2nc(-c3ccccc3)c(OCCN3CCOCC3)n2c1. The van der Waals surface area contributed by atoms with Gasteiger partial charge in [0.1, 0.15) is 17.9 Å². The minimum atomic E-state index is 0.597. The first-order valence-corrected chi connectivity index (χ1v) is 8.85. The van der Waals surface area contributed by atoms with Crippen molar-refractivity contribution in [2.24, 2.45) is 0 Å². The van der Waals surface area contributed by atoms with E-state index in [2.05, 4.69) is 4.90 Å². The van der Waals surface area contributed by atoms with Gasteiger partial charge in [0.2, 0.25) is 5.88 Å². The van der Waals surface area contributed by atoms with Crippen LogP contribution in [0, 0.1) is 0 Å². The second-order valence-electron chi connectivity index (χ2n) is 6.01. The van der Waals surface area contributed by atoms with E-state index in [0.717, 1.165) is 55.6 Å². The first-order chi connectivity index (χ1) is 12.3. The van der Waals surface area contributed by atoms with Crippen LogP contribution in [0.15, 0.2) is 48.7 Å². The zero-order chi connectivity index (χ0) is 17.1. The Labute approximate surface area is 151 Å². The number of hydrogen-bond donors (Lipinski definition) is 0. The molecule has 1 fully saturated rings. The summed E-state index contributed by atoms with van der Waals surface area (Å²) in [6.45, 7) is 4.95. The molecule has 0 aliphatic carbocycles. The molecule has 4 rings (SSSR count). The van der Waals surface area contributed by atoms with Gasteiger partial charge in [-0.25, -0.2) is 4.98 Å². The van der Waals surface area contributed by atoms with E-state index in [-0.39, 0.29) is 0 Å². The van der Waals surface area contributed by atoms with Crippen LogP contribution in [0.25, 0.3) is 16.9 Å². The minimum absolute atomic E-state index is 0.597. The molecule has 1 aliphatic rings. The number of rotatable bonds is 5. The van der Waals surface area contributed by atoms with E-state index in [4.69, 9.17) is 26.1 Å². The number of halogens is 1. The molecule has 2 aromatic heterocycles. The second-order valence-corrected chi connectivity index (χ2v) is 6.45. The maximum absolute atomic E-state index is 6.18. The predicted octanol–water partition coefficient (Wildman–Crippen LogP) is 3.37. The van der Waals surface area contributed by atoms with Crippen LogP contribution in [0.2, 0.25) is 5.02 Å². The van der Waals surface area contributed by atoms with Gasteiger partial charge in [-0.1, -0.05) is 41.9 Å². The van der Waals surface area contributed by atoms with Gasteiger partial charge >= 0.3 is 0 Å². The Hall–Kier alpha value is -2.08. The molecule has 0 saturated carbocycles. The molecule has 0 amide bonds.